The second-order valence-electron chi connectivity index (χ2n) is 3.79. The van der Waals surface area contributed by atoms with Crippen LogP contribution in [0.25, 0.3) is 0 Å². The first-order valence-electron chi connectivity index (χ1n) is 5.67. The largest absolute Gasteiger partial charge is 0.466 e. The summed E-state index contributed by atoms with van der Waals surface area (Å²) in [7, 11) is 1.78. The van der Waals surface area contributed by atoms with Crippen LogP contribution in [0.5, 0.6) is 0 Å². The summed E-state index contributed by atoms with van der Waals surface area (Å²) in [5.41, 5.74) is 1.18. The lowest BCUT2D eigenvalue weighted by Crippen LogP contribution is -2.37. The van der Waals surface area contributed by atoms with Crippen LogP contribution in [0.3, 0.4) is 0 Å². The molecular formula is C12H21N3O. The van der Waals surface area contributed by atoms with E-state index in [0.717, 1.165) is 37.0 Å². The molecule has 0 aromatic carbocycles. The zero-order chi connectivity index (χ0) is 12.0. The van der Waals surface area contributed by atoms with Crippen LogP contribution in [-0.4, -0.2) is 19.6 Å². The third kappa shape index (κ3) is 3.61. The Morgan fingerprint density at radius 1 is 1.38 bits per heavy atom. The molecule has 0 bridgehead atoms. The maximum absolute atomic E-state index is 5.46. The van der Waals surface area contributed by atoms with Crippen molar-refractivity contribution in [3.63, 3.8) is 0 Å². The van der Waals surface area contributed by atoms with Gasteiger partial charge in [-0.25, -0.2) is 0 Å². The molecule has 0 fully saturated rings. The van der Waals surface area contributed by atoms with Gasteiger partial charge in [0, 0.05) is 25.7 Å². The molecule has 1 aromatic rings. The molecule has 0 spiro atoms. The Bertz CT molecular complexity index is 355. The summed E-state index contributed by atoms with van der Waals surface area (Å²) in [4.78, 5) is 4.14. The average molecular weight is 223 g/mol. The molecule has 4 nitrogen and oxygen atoms in total. The van der Waals surface area contributed by atoms with Crippen LogP contribution >= 0.6 is 0 Å². The van der Waals surface area contributed by atoms with Gasteiger partial charge in [-0.15, -0.1) is 0 Å². The van der Waals surface area contributed by atoms with Crippen LogP contribution < -0.4 is 10.6 Å². The highest BCUT2D eigenvalue weighted by Gasteiger charge is 2.04. The zero-order valence-electron chi connectivity index (χ0n) is 10.6. The maximum Gasteiger partial charge on any atom is 0.191 e. The number of nitrogens with zero attached hydrogens (tertiary/aromatic N) is 1. The number of aliphatic imine (C=N–C) groups is 1. The molecule has 0 saturated heterocycles. The van der Waals surface area contributed by atoms with Crippen molar-refractivity contribution < 1.29 is 4.42 Å². The van der Waals surface area contributed by atoms with Gasteiger partial charge in [0.05, 0.1) is 0 Å². The van der Waals surface area contributed by atoms with E-state index in [9.17, 15) is 0 Å². The minimum atomic E-state index is 0.743. The van der Waals surface area contributed by atoms with E-state index < -0.39 is 0 Å². The summed E-state index contributed by atoms with van der Waals surface area (Å²) in [6, 6.07) is 2.05. The van der Waals surface area contributed by atoms with Crippen molar-refractivity contribution in [3.05, 3.63) is 23.2 Å². The van der Waals surface area contributed by atoms with Crippen molar-refractivity contribution in [1.82, 2.24) is 10.6 Å². The summed E-state index contributed by atoms with van der Waals surface area (Å²) >= 11 is 0. The number of furan rings is 1. The molecule has 0 unspecified atom stereocenters. The second-order valence-corrected chi connectivity index (χ2v) is 3.79. The van der Waals surface area contributed by atoms with Crippen molar-refractivity contribution in [1.29, 1.82) is 0 Å². The molecule has 0 amide bonds. The van der Waals surface area contributed by atoms with E-state index in [0.29, 0.717) is 0 Å². The fourth-order valence-corrected chi connectivity index (χ4v) is 1.50. The van der Waals surface area contributed by atoms with E-state index in [4.69, 9.17) is 4.42 Å². The first-order chi connectivity index (χ1) is 7.67. The summed E-state index contributed by atoms with van der Waals surface area (Å²) in [5, 5.41) is 6.48. The minimum absolute atomic E-state index is 0.743. The van der Waals surface area contributed by atoms with Crippen LogP contribution in [-0.2, 0) is 6.54 Å². The van der Waals surface area contributed by atoms with Crippen molar-refractivity contribution in [2.45, 2.75) is 33.7 Å². The molecule has 0 radical (unpaired) electrons. The lowest BCUT2D eigenvalue weighted by Gasteiger charge is -2.10. The van der Waals surface area contributed by atoms with Gasteiger partial charge in [-0.2, -0.15) is 0 Å². The van der Waals surface area contributed by atoms with Gasteiger partial charge in [0.25, 0.3) is 0 Å². The topological polar surface area (TPSA) is 49.6 Å². The van der Waals surface area contributed by atoms with Crippen molar-refractivity contribution in [2.75, 3.05) is 13.6 Å². The standard InChI is InChI=1S/C12H21N3O/c1-5-6-14-12(13-4)15-8-11-7-9(2)16-10(11)3/h7H,5-6,8H2,1-4H3,(H2,13,14,15). The first kappa shape index (κ1) is 12.6. The van der Waals surface area contributed by atoms with Gasteiger partial charge in [0.2, 0.25) is 0 Å². The van der Waals surface area contributed by atoms with Gasteiger partial charge < -0.3 is 15.1 Å². The molecule has 1 aromatic heterocycles. The molecule has 0 aliphatic carbocycles. The van der Waals surface area contributed by atoms with Gasteiger partial charge in [-0.3, -0.25) is 4.99 Å². The van der Waals surface area contributed by atoms with Crippen LogP contribution in [0.4, 0.5) is 0 Å². The molecule has 90 valence electrons. The molecular weight excluding hydrogens is 202 g/mol. The number of hydrogen-bond acceptors (Lipinski definition) is 2. The van der Waals surface area contributed by atoms with Gasteiger partial charge in [0.15, 0.2) is 5.96 Å². The number of guanidine groups is 1. The first-order valence-corrected chi connectivity index (χ1v) is 5.67. The third-order valence-corrected chi connectivity index (χ3v) is 2.36. The summed E-state index contributed by atoms with van der Waals surface area (Å²) < 4.78 is 5.46. The van der Waals surface area contributed by atoms with Crippen molar-refractivity contribution in [3.8, 4) is 0 Å². The Morgan fingerprint density at radius 3 is 2.62 bits per heavy atom. The van der Waals surface area contributed by atoms with Crippen LogP contribution in [0.15, 0.2) is 15.5 Å². The zero-order valence-corrected chi connectivity index (χ0v) is 10.6. The monoisotopic (exact) mass is 223 g/mol. The quantitative estimate of drug-likeness (QED) is 0.606. The summed E-state index contributed by atoms with van der Waals surface area (Å²) in [6.07, 6.45) is 1.09. The highest BCUT2D eigenvalue weighted by molar-refractivity contribution is 5.79. The van der Waals surface area contributed by atoms with Crippen molar-refractivity contribution in [2.24, 2.45) is 4.99 Å². The SMILES string of the molecule is CCCNC(=NC)NCc1cc(C)oc1C. The number of nitrogens with one attached hydrogen (secondary N) is 2. The summed E-state index contributed by atoms with van der Waals surface area (Å²) in [6.45, 7) is 7.74. The average Bonchev–Trinajstić information content (AvgIpc) is 2.58. The van der Waals surface area contributed by atoms with Gasteiger partial charge in [-0.1, -0.05) is 6.92 Å². The van der Waals surface area contributed by atoms with Gasteiger partial charge >= 0.3 is 0 Å². The van der Waals surface area contributed by atoms with E-state index in [2.05, 4.69) is 28.6 Å². The van der Waals surface area contributed by atoms with E-state index >= 15 is 0 Å². The molecule has 0 atom stereocenters. The van der Waals surface area contributed by atoms with Gasteiger partial charge in [0.1, 0.15) is 11.5 Å². The number of rotatable bonds is 4. The van der Waals surface area contributed by atoms with Crippen molar-refractivity contribution >= 4 is 5.96 Å². The Morgan fingerprint density at radius 2 is 2.12 bits per heavy atom. The van der Waals surface area contributed by atoms with Crippen LogP contribution in [0.2, 0.25) is 0 Å². The third-order valence-electron chi connectivity index (χ3n) is 2.36. The predicted octanol–water partition coefficient (Wildman–Crippen LogP) is 1.97. The lowest BCUT2D eigenvalue weighted by atomic mass is 10.2. The van der Waals surface area contributed by atoms with E-state index in [1.54, 1.807) is 7.05 Å². The van der Waals surface area contributed by atoms with E-state index in [-0.39, 0.29) is 0 Å². The molecule has 0 saturated carbocycles. The molecule has 2 N–H and O–H groups in total. The Labute approximate surface area is 97.1 Å². The molecule has 1 rings (SSSR count). The maximum atomic E-state index is 5.46. The molecule has 0 aliphatic heterocycles. The number of hydrogen-bond donors (Lipinski definition) is 2. The van der Waals surface area contributed by atoms with E-state index in [1.807, 2.05) is 13.8 Å². The normalized spacial score (nSPS) is 11.6. The van der Waals surface area contributed by atoms with Gasteiger partial charge in [-0.05, 0) is 26.3 Å². The Balaban J connectivity index is 2.46. The Hall–Kier alpha value is -1.45. The van der Waals surface area contributed by atoms with E-state index in [1.165, 1.54) is 5.56 Å². The fraction of sp³-hybridized carbons (Fsp3) is 0.583. The lowest BCUT2D eigenvalue weighted by molar-refractivity contribution is 0.500. The molecule has 1 heterocycles. The highest BCUT2D eigenvalue weighted by Crippen LogP contribution is 2.12. The highest BCUT2D eigenvalue weighted by atomic mass is 16.3. The minimum Gasteiger partial charge on any atom is -0.466 e. The van der Waals surface area contributed by atoms with Crippen LogP contribution in [0, 0.1) is 13.8 Å². The molecule has 16 heavy (non-hydrogen) atoms. The molecule has 4 heteroatoms. The van der Waals surface area contributed by atoms with Crippen LogP contribution in [0.1, 0.15) is 30.4 Å². The molecule has 0 aliphatic rings. The number of aryl methyl sites for hydroxylation is 2. The predicted molar refractivity (Wildman–Crippen MR) is 66.7 cm³/mol. The second kappa shape index (κ2) is 6.20. The fourth-order valence-electron chi connectivity index (χ4n) is 1.50. The summed E-state index contributed by atoms with van der Waals surface area (Å²) in [5.74, 6) is 2.75. The Kier molecular flexibility index (Phi) is 4.89. The smallest absolute Gasteiger partial charge is 0.191 e.